The summed E-state index contributed by atoms with van der Waals surface area (Å²) in [6, 6.07) is 0.493. The molecule has 1 fully saturated rings. The third-order valence-corrected chi connectivity index (χ3v) is 3.15. The van der Waals surface area contributed by atoms with Gasteiger partial charge in [0.25, 0.3) is 0 Å². The predicted octanol–water partition coefficient (Wildman–Crippen LogP) is 0.336. The fraction of sp³-hybridized carbons (Fsp3) is 0.667. The Balaban J connectivity index is 2.13. The molecule has 0 bridgehead atoms. The monoisotopic (exact) mass is 235 g/mol. The highest BCUT2D eigenvalue weighted by Crippen LogP contribution is 2.16. The van der Waals surface area contributed by atoms with Crippen LogP contribution in [0.4, 0.5) is 5.82 Å². The zero-order valence-corrected chi connectivity index (χ0v) is 10.8. The molecule has 0 aliphatic carbocycles. The maximum absolute atomic E-state index is 4.64. The van der Waals surface area contributed by atoms with Crippen LogP contribution in [0, 0.1) is 0 Å². The number of anilines is 1. The summed E-state index contributed by atoms with van der Waals surface area (Å²) >= 11 is 0. The molecule has 0 aromatic carbocycles. The zero-order valence-electron chi connectivity index (χ0n) is 10.8. The predicted molar refractivity (Wildman–Crippen MR) is 69.1 cm³/mol. The van der Waals surface area contributed by atoms with Gasteiger partial charge in [-0.2, -0.15) is 0 Å². The minimum atomic E-state index is 0.493. The van der Waals surface area contributed by atoms with E-state index in [9.17, 15) is 0 Å². The molecule has 1 unspecified atom stereocenters. The third-order valence-electron chi connectivity index (χ3n) is 3.15. The van der Waals surface area contributed by atoms with Gasteiger partial charge < -0.3 is 15.1 Å². The van der Waals surface area contributed by atoms with Crippen molar-refractivity contribution in [2.75, 3.05) is 38.6 Å². The standard InChI is InChI=1S/C12H21N5/c1-10-9-16(3)4-5-17(10)12-8-14-7-11(15-12)6-13-2/h7-8,10,13H,4-6,9H2,1-3H3. The third kappa shape index (κ3) is 2.92. The number of nitrogens with zero attached hydrogens (tertiary/aromatic N) is 4. The van der Waals surface area contributed by atoms with Gasteiger partial charge in [-0.05, 0) is 21.0 Å². The second-order valence-corrected chi connectivity index (χ2v) is 4.70. The number of hydrogen-bond donors (Lipinski definition) is 1. The average molecular weight is 235 g/mol. The van der Waals surface area contributed by atoms with Crippen LogP contribution < -0.4 is 10.2 Å². The van der Waals surface area contributed by atoms with Gasteiger partial charge in [-0.1, -0.05) is 0 Å². The molecular formula is C12H21N5. The van der Waals surface area contributed by atoms with E-state index < -0.39 is 0 Å². The Bertz CT molecular complexity index is 368. The Morgan fingerprint density at radius 1 is 1.41 bits per heavy atom. The first-order valence-electron chi connectivity index (χ1n) is 6.11. The maximum atomic E-state index is 4.64. The van der Waals surface area contributed by atoms with Crippen LogP contribution in [-0.4, -0.2) is 54.6 Å². The Morgan fingerprint density at radius 2 is 2.24 bits per heavy atom. The van der Waals surface area contributed by atoms with Crippen LogP contribution in [0.1, 0.15) is 12.6 Å². The summed E-state index contributed by atoms with van der Waals surface area (Å²) in [7, 11) is 4.09. The summed E-state index contributed by atoms with van der Waals surface area (Å²) in [6.45, 7) is 6.20. The normalized spacial score (nSPS) is 21.8. The molecule has 1 atom stereocenters. The van der Waals surface area contributed by atoms with Crippen molar-refractivity contribution in [3.05, 3.63) is 18.1 Å². The molecule has 94 valence electrons. The maximum Gasteiger partial charge on any atom is 0.147 e. The summed E-state index contributed by atoms with van der Waals surface area (Å²) in [5.41, 5.74) is 0.996. The van der Waals surface area contributed by atoms with Gasteiger partial charge in [-0.25, -0.2) is 4.98 Å². The molecule has 1 aliphatic heterocycles. The highest BCUT2D eigenvalue weighted by Gasteiger charge is 2.22. The molecule has 2 heterocycles. The van der Waals surface area contributed by atoms with Gasteiger partial charge in [0.2, 0.25) is 0 Å². The first-order chi connectivity index (χ1) is 8.20. The van der Waals surface area contributed by atoms with Crippen molar-refractivity contribution in [2.45, 2.75) is 19.5 Å². The molecule has 0 radical (unpaired) electrons. The van der Waals surface area contributed by atoms with Gasteiger partial charge in [0, 0.05) is 38.4 Å². The van der Waals surface area contributed by atoms with E-state index in [0.29, 0.717) is 6.04 Å². The fourth-order valence-electron chi connectivity index (χ4n) is 2.28. The smallest absolute Gasteiger partial charge is 0.147 e. The zero-order chi connectivity index (χ0) is 12.3. The van der Waals surface area contributed by atoms with E-state index in [4.69, 9.17) is 0 Å². The first kappa shape index (κ1) is 12.3. The van der Waals surface area contributed by atoms with E-state index in [-0.39, 0.29) is 0 Å². The van der Waals surface area contributed by atoms with Crippen LogP contribution in [-0.2, 0) is 6.54 Å². The summed E-state index contributed by atoms with van der Waals surface area (Å²) in [5.74, 6) is 0.998. The van der Waals surface area contributed by atoms with E-state index in [0.717, 1.165) is 37.7 Å². The number of hydrogen-bond acceptors (Lipinski definition) is 5. The van der Waals surface area contributed by atoms with Gasteiger partial charge in [-0.3, -0.25) is 4.98 Å². The SMILES string of the molecule is CNCc1cncc(N2CCN(C)CC2C)n1. The fourth-order valence-corrected chi connectivity index (χ4v) is 2.28. The van der Waals surface area contributed by atoms with Crippen molar-refractivity contribution >= 4 is 5.82 Å². The van der Waals surface area contributed by atoms with Crippen LogP contribution in [0.5, 0.6) is 0 Å². The molecular weight excluding hydrogens is 214 g/mol. The molecule has 17 heavy (non-hydrogen) atoms. The molecule has 1 N–H and O–H groups in total. The molecule has 1 aliphatic rings. The molecule has 1 aromatic heterocycles. The number of likely N-dealkylation sites (N-methyl/N-ethyl adjacent to an activating group) is 1. The van der Waals surface area contributed by atoms with Crippen molar-refractivity contribution in [1.29, 1.82) is 0 Å². The summed E-state index contributed by atoms with van der Waals surface area (Å²) in [6.07, 6.45) is 3.68. The highest BCUT2D eigenvalue weighted by molar-refractivity contribution is 5.38. The van der Waals surface area contributed by atoms with Gasteiger partial charge in [0.1, 0.15) is 5.82 Å². The van der Waals surface area contributed by atoms with Crippen LogP contribution in [0.2, 0.25) is 0 Å². The minimum absolute atomic E-state index is 0.493. The van der Waals surface area contributed by atoms with Crippen molar-refractivity contribution in [3.63, 3.8) is 0 Å². The summed E-state index contributed by atoms with van der Waals surface area (Å²) < 4.78 is 0. The molecule has 0 saturated carbocycles. The summed E-state index contributed by atoms with van der Waals surface area (Å²) in [5, 5.41) is 3.10. The second-order valence-electron chi connectivity index (χ2n) is 4.70. The topological polar surface area (TPSA) is 44.3 Å². The second kappa shape index (κ2) is 5.42. The number of aromatic nitrogens is 2. The molecule has 5 nitrogen and oxygen atoms in total. The average Bonchev–Trinajstić information content (AvgIpc) is 2.29. The van der Waals surface area contributed by atoms with Crippen LogP contribution in [0.15, 0.2) is 12.4 Å². The molecule has 2 rings (SSSR count). The van der Waals surface area contributed by atoms with Crippen LogP contribution >= 0.6 is 0 Å². The highest BCUT2D eigenvalue weighted by atomic mass is 15.3. The Labute approximate surface area is 103 Å². The van der Waals surface area contributed by atoms with Crippen LogP contribution in [0.25, 0.3) is 0 Å². The Hall–Kier alpha value is -1.20. The number of piperazine rings is 1. The van der Waals surface area contributed by atoms with Gasteiger partial charge >= 0.3 is 0 Å². The van der Waals surface area contributed by atoms with E-state index in [2.05, 4.69) is 39.1 Å². The largest absolute Gasteiger partial charge is 0.350 e. The number of rotatable bonds is 3. The molecule has 0 amide bonds. The lowest BCUT2D eigenvalue weighted by molar-refractivity contribution is 0.274. The van der Waals surface area contributed by atoms with Gasteiger partial charge in [0.05, 0.1) is 11.9 Å². The lowest BCUT2D eigenvalue weighted by Crippen LogP contribution is -2.50. The van der Waals surface area contributed by atoms with E-state index in [1.54, 1.807) is 0 Å². The molecule has 5 heteroatoms. The first-order valence-corrected chi connectivity index (χ1v) is 6.11. The van der Waals surface area contributed by atoms with Crippen molar-refractivity contribution in [2.24, 2.45) is 0 Å². The summed E-state index contributed by atoms with van der Waals surface area (Å²) in [4.78, 5) is 13.6. The number of nitrogens with one attached hydrogen (secondary N) is 1. The van der Waals surface area contributed by atoms with Crippen molar-refractivity contribution < 1.29 is 0 Å². The minimum Gasteiger partial charge on any atom is -0.350 e. The van der Waals surface area contributed by atoms with E-state index in [1.807, 2.05) is 19.4 Å². The Morgan fingerprint density at radius 3 is 2.94 bits per heavy atom. The van der Waals surface area contributed by atoms with Gasteiger partial charge in [-0.15, -0.1) is 0 Å². The molecule has 0 spiro atoms. The molecule has 1 saturated heterocycles. The Kier molecular flexibility index (Phi) is 3.91. The quantitative estimate of drug-likeness (QED) is 0.818. The van der Waals surface area contributed by atoms with Crippen molar-refractivity contribution in [1.82, 2.24) is 20.2 Å². The van der Waals surface area contributed by atoms with Crippen LogP contribution in [0.3, 0.4) is 0 Å². The molecule has 1 aromatic rings. The lowest BCUT2D eigenvalue weighted by Gasteiger charge is -2.38. The van der Waals surface area contributed by atoms with E-state index >= 15 is 0 Å². The van der Waals surface area contributed by atoms with Crippen molar-refractivity contribution in [3.8, 4) is 0 Å². The van der Waals surface area contributed by atoms with Gasteiger partial charge in [0.15, 0.2) is 0 Å². The lowest BCUT2D eigenvalue weighted by atomic mass is 10.2. The van der Waals surface area contributed by atoms with E-state index in [1.165, 1.54) is 0 Å².